The van der Waals surface area contributed by atoms with Gasteiger partial charge in [0.05, 0.1) is 38.0 Å². The average molecular weight is 518 g/mol. The molecule has 11 nitrogen and oxygen atoms in total. The average Bonchev–Trinajstić information content (AvgIpc) is 3.57. The van der Waals surface area contributed by atoms with Gasteiger partial charge in [0.15, 0.2) is 11.5 Å². The smallest absolute Gasteiger partial charge is 0.407 e. The number of imidazole rings is 1. The Morgan fingerprint density at radius 2 is 1.97 bits per heavy atom. The van der Waals surface area contributed by atoms with Crippen LogP contribution in [0.5, 0.6) is 11.5 Å². The molecule has 0 radical (unpaired) electrons. The van der Waals surface area contributed by atoms with Crippen LogP contribution in [0.2, 0.25) is 0 Å². The van der Waals surface area contributed by atoms with Crippen LogP contribution in [-0.4, -0.2) is 86.1 Å². The van der Waals surface area contributed by atoms with Gasteiger partial charge in [-0.15, -0.1) is 0 Å². The van der Waals surface area contributed by atoms with Gasteiger partial charge < -0.3 is 39.5 Å². The quantitative estimate of drug-likeness (QED) is 0.346. The summed E-state index contributed by atoms with van der Waals surface area (Å²) in [5, 5.41) is 6.11. The monoisotopic (exact) mass is 517 g/mol. The van der Waals surface area contributed by atoms with E-state index in [2.05, 4.69) is 20.6 Å². The molecule has 0 aliphatic carbocycles. The van der Waals surface area contributed by atoms with Crippen molar-refractivity contribution in [3.05, 3.63) is 42.0 Å². The first kappa shape index (κ1) is 28.3. The summed E-state index contributed by atoms with van der Waals surface area (Å²) in [6, 6.07) is 4.87. The van der Waals surface area contributed by atoms with E-state index in [0.717, 1.165) is 12.1 Å². The van der Waals surface area contributed by atoms with Gasteiger partial charge in [-0.25, -0.2) is 9.78 Å². The maximum absolute atomic E-state index is 13.6. The highest BCUT2D eigenvalue weighted by molar-refractivity contribution is 5.95. The first-order valence-electron chi connectivity index (χ1n) is 12.6. The Hall–Kier alpha value is -3.31. The summed E-state index contributed by atoms with van der Waals surface area (Å²) >= 11 is 0. The second-order valence-electron chi connectivity index (χ2n) is 9.35. The van der Waals surface area contributed by atoms with E-state index in [0.29, 0.717) is 49.9 Å². The maximum atomic E-state index is 13.6. The number of carbonyl (C=O) groups excluding carboxylic acids is 2. The van der Waals surface area contributed by atoms with Crippen molar-refractivity contribution >= 4 is 12.0 Å². The van der Waals surface area contributed by atoms with Crippen LogP contribution in [0.1, 0.15) is 49.3 Å². The van der Waals surface area contributed by atoms with Gasteiger partial charge in [0, 0.05) is 57.3 Å². The molecule has 204 valence electrons. The second kappa shape index (κ2) is 13.8. The minimum absolute atomic E-state index is 0.0532. The Balaban J connectivity index is 1.65. The predicted octanol–water partition coefficient (Wildman–Crippen LogP) is 2.76. The molecule has 1 fully saturated rings. The Kier molecular flexibility index (Phi) is 10.6. The van der Waals surface area contributed by atoms with Crippen molar-refractivity contribution in [3.8, 4) is 11.5 Å². The van der Waals surface area contributed by atoms with Crippen LogP contribution in [0.25, 0.3) is 0 Å². The summed E-state index contributed by atoms with van der Waals surface area (Å²) in [5.74, 6) is 0.902. The van der Waals surface area contributed by atoms with Crippen LogP contribution >= 0.6 is 0 Å². The maximum Gasteiger partial charge on any atom is 0.407 e. The number of methoxy groups -OCH3 is 2. The number of H-pyrrole nitrogens is 1. The van der Waals surface area contributed by atoms with Gasteiger partial charge in [0.1, 0.15) is 6.10 Å². The minimum atomic E-state index is -0.506. The number of nitrogens with zero attached hydrogens (tertiary/aromatic N) is 2. The van der Waals surface area contributed by atoms with E-state index in [1.807, 2.05) is 20.8 Å². The Bertz CT molecular complexity index is 999. The van der Waals surface area contributed by atoms with Gasteiger partial charge >= 0.3 is 6.09 Å². The van der Waals surface area contributed by atoms with Gasteiger partial charge in [0.2, 0.25) is 0 Å². The number of nitrogens with one attached hydrogen (secondary N) is 3. The van der Waals surface area contributed by atoms with E-state index in [1.54, 1.807) is 49.8 Å². The van der Waals surface area contributed by atoms with E-state index in [4.69, 9.17) is 18.9 Å². The topological polar surface area (TPSA) is 127 Å². The van der Waals surface area contributed by atoms with Crippen LogP contribution in [0.15, 0.2) is 30.7 Å². The number of hydrogen-bond acceptors (Lipinski definition) is 8. The molecular weight excluding hydrogens is 478 g/mol. The molecule has 1 aliphatic heterocycles. The fraction of sp³-hybridized carbons (Fsp3) is 0.577. The van der Waals surface area contributed by atoms with Crippen molar-refractivity contribution in [2.75, 3.05) is 47.1 Å². The van der Waals surface area contributed by atoms with E-state index >= 15 is 0 Å². The molecule has 3 rings (SSSR count). The summed E-state index contributed by atoms with van der Waals surface area (Å²) in [4.78, 5) is 34.9. The second-order valence-corrected chi connectivity index (χ2v) is 9.35. The number of benzene rings is 1. The van der Waals surface area contributed by atoms with Crippen LogP contribution in [-0.2, 0) is 9.47 Å². The molecule has 11 heteroatoms. The molecule has 0 saturated carbocycles. The van der Waals surface area contributed by atoms with Gasteiger partial charge in [0.25, 0.3) is 5.91 Å². The molecule has 37 heavy (non-hydrogen) atoms. The molecule has 1 aromatic heterocycles. The SMILES string of the molecule is COCCCOc1cc(C(=O)N(C[C@H]2CNC[C@H]2OC(=O)NC(C)c2cnc[nH]2)C(C)C)ccc1OC. The standard InChI is InChI=1S/C26H39N5O6/c1-17(2)31(25(32)19-7-8-22(35-5)23(11-19)36-10-6-9-34-4)15-20-12-27-14-24(20)37-26(33)30-18(3)21-13-28-16-29-21/h7-8,11,13,16-18,20,24,27H,6,9-10,12,14-15H2,1-5H3,(H,28,29)(H,30,33)/t18?,20-,24-/m1/s1. The van der Waals surface area contributed by atoms with Crippen molar-refractivity contribution in [2.24, 2.45) is 5.92 Å². The number of ether oxygens (including phenoxy) is 4. The first-order chi connectivity index (χ1) is 17.8. The molecule has 2 heterocycles. The van der Waals surface area contributed by atoms with Crippen LogP contribution in [0.4, 0.5) is 4.79 Å². The predicted molar refractivity (Wildman–Crippen MR) is 138 cm³/mol. The zero-order valence-corrected chi connectivity index (χ0v) is 22.3. The van der Waals surface area contributed by atoms with Crippen molar-refractivity contribution in [1.82, 2.24) is 25.5 Å². The van der Waals surface area contributed by atoms with E-state index in [1.165, 1.54) is 0 Å². The fourth-order valence-corrected chi connectivity index (χ4v) is 4.21. The largest absolute Gasteiger partial charge is 0.493 e. The van der Waals surface area contributed by atoms with Gasteiger partial charge in [-0.3, -0.25) is 4.79 Å². The number of hydrogen-bond donors (Lipinski definition) is 3. The van der Waals surface area contributed by atoms with Crippen molar-refractivity contribution < 1.29 is 28.5 Å². The van der Waals surface area contributed by atoms with Gasteiger partial charge in [-0.1, -0.05) is 0 Å². The first-order valence-corrected chi connectivity index (χ1v) is 12.6. The van der Waals surface area contributed by atoms with Crippen molar-refractivity contribution in [1.29, 1.82) is 0 Å². The lowest BCUT2D eigenvalue weighted by Gasteiger charge is -2.31. The van der Waals surface area contributed by atoms with E-state index in [9.17, 15) is 9.59 Å². The fourth-order valence-electron chi connectivity index (χ4n) is 4.21. The third kappa shape index (κ3) is 7.83. The molecule has 1 aliphatic rings. The zero-order chi connectivity index (χ0) is 26.8. The number of rotatable bonds is 13. The summed E-state index contributed by atoms with van der Waals surface area (Å²) in [5.41, 5.74) is 1.29. The normalized spacial score (nSPS) is 17.9. The summed E-state index contributed by atoms with van der Waals surface area (Å²) in [6.45, 7) is 8.43. The minimum Gasteiger partial charge on any atom is -0.493 e. The Morgan fingerprint density at radius 3 is 2.65 bits per heavy atom. The highest BCUT2D eigenvalue weighted by Crippen LogP contribution is 2.29. The molecule has 0 bridgehead atoms. The molecule has 0 spiro atoms. The molecule has 3 N–H and O–H groups in total. The van der Waals surface area contributed by atoms with E-state index < -0.39 is 6.09 Å². The number of amides is 2. The molecular formula is C26H39N5O6. The molecule has 2 aromatic rings. The van der Waals surface area contributed by atoms with Crippen LogP contribution in [0, 0.1) is 5.92 Å². The molecule has 1 unspecified atom stereocenters. The van der Waals surface area contributed by atoms with Crippen LogP contribution < -0.4 is 20.1 Å². The summed E-state index contributed by atoms with van der Waals surface area (Å²) in [6.07, 6.45) is 3.08. The molecule has 1 aromatic carbocycles. The molecule has 1 saturated heterocycles. The third-order valence-electron chi connectivity index (χ3n) is 6.33. The van der Waals surface area contributed by atoms with Crippen molar-refractivity contribution in [2.45, 2.75) is 45.4 Å². The van der Waals surface area contributed by atoms with Gasteiger partial charge in [-0.05, 0) is 39.0 Å². The number of aromatic nitrogens is 2. The summed E-state index contributed by atoms with van der Waals surface area (Å²) < 4.78 is 22.1. The van der Waals surface area contributed by atoms with E-state index in [-0.39, 0.29) is 30.0 Å². The highest BCUT2D eigenvalue weighted by atomic mass is 16.6. The lowest BCUT2D eigenvalue weighted by molar-refractivity contribution is 0.0516. The number of aromatic amines is 1. The number of carbonyl (C=O) groups is 2. The zero-order valence-electron chi connectivity index (χ0n) is 22.3. The number of alkyl carbamates (subject to hydrolysis) is 1. The Labute approximate surface area is 218 Å². The van der Waals surface area contributed by atoms with Crippen LogP contribution in [0.3, 0.4) is 0 Å². The molecule has 2 amide bonds. The Morgan fingerprint density at radius 1 is 1.16 bits per heavy atom. The lowest BCUT2D eigenvalue weighted by Crippen LogP contribution is -2.44. The lowest BCUT2D eigenvalue weighted by atomic mass is 10.0. The summed E-state index contributed by atoms with van der Waals surface area (Å²) in [7, 11) is 3.21. The van der Waals surface area contributed by atoms with Gasteiger partial charge in [-0.2, -0.15) is 0 Å². The highest BCUT2D eigenvalue weighted by Gasteiger charge is 2.34. The van der Waals surface area contributed by atoms with Crippen molar-refractivity contribution in [3.63, 3.8) is 0 Å². The molecule has 3 atom stereocenters. The third-order valence-corrected chi connectivity index (χ3v) is 6.33.